The molecule has 6 heteroatoms. The first-order valence-corrected chi connectivity index (χ1v) is 6.38. The summed E-state index contributed by atoms with van der Waals surface area (Å²) in [5.41, 5.74) is 6.49. The second-order valence-corrected chi connectivity index (χ2v) is 4.43. The van der Waals surface area contributed by atoms with Crippen LogP contribution in [0.25, 0.3) is 0 Å². The molecule has 1 amide bonds. The Morgan fingerprint density at radius 1 is 1.45 bits per heavy atom. The molecule has 0 aliphatic carbocycles. The molecule has 2 aromatic rings. The molecule has 2 rings (SSSR count). The topological polar surface area (TPSA) is 81.1 Å². The number of halogens is 1. The molecule has 0 fully saturated rings. The molecule has 5 nitrogen and oxygen atoms in total. The molecule has 1 aromatic carbocycles. The molecule has 0 saturated carbocycles. The van der Waals surface area contributed by atoms with Crippen molar-refractivity contribution in [1.82, 2.24) is 4.98 Å². The summed E-state index contributed by atoms with van der Waals surface area (Å²) in [4.78, 5) is 16.0. The lowest BCUT2D eigenvalue weighted by atomic mass is 10.2. The van der Waals surface area contributed by atoms with Crippen LogP contribution in [-0.4, -0.2) is 10.9 Å². The third-order valence-electron chi connectivity index (χ3n) is 2.77. The molecular weight excluding hydrogens is 261 g/mol. The van der Waals surface area contributed by atoms with Crippen molar-refractivity contribution >= 4 is 11.6 Å². The number of aromatic nitrogens is 1. The van der Waals surface area contributed by atoms with Gasteiger partial charge in [0, 0.05) is 5.69 Å². The SMILES string of the molecule is CCCC(N)c1nc(C(=O)Nc2ccc(F)cc2)co1. The molecule has 0 radical (unpaired) electrons. The predicted molar refractivity (Wildman–Crippen MR) is 72.7 cm³/mol. The fourth-order valence-corrected chi connectivity index (χ4v) is 1.73. The minimum absolute atomic E-state index is 0.149. The van der Waals surface area contributed by atoms with Crippen LogP contribution in [0.4, 0.5) is 10.1 Å². The third kappa shape index (κ3) is 3.42. The highest BCUT2D eigenvalue weighted by atomic mass is 19.1. The standard InChI is InChI=1S/C14H16FN3O2/c1-2-3-11(16)14-18-12(8-20-14)13(19)17-10-6-4-9(15)5-7-10/h4-8,11H,2-3,16H2,1H3,(H,17,19). The second-order valence-electron chi connectivity index (χ2n) is 4.43. The first-order valence-electron chi connectivity index (χ1n) is 6.38. The number of benzene rings is 1. The highest BCUT2D eigenvalue weighted by Crippen LogP contribution is 2.16. The molecule has 1 heterocycles. The van der Waals surface area contributed by atoms with Gasteiger partial charge < -0.3 is 15.5 Å². The summed E-state index contributed by atoms with van der Waals surface area (Å²) < 4.78 is 18.0. The molecule has 0 spiro atoms. The number of rotatable bonds is 5. The van der Waals surface area contributed by atoms with E-state index in [0.29, 0.717) is 11.6 Å². The van der Waals surface area contributed by atoms with E-state index in [9.17, 15) is 9.18 Å². The van der Waals surface area contributed by atoms with Crippen LogP contribution in [-0.2, 0) is 0 Å². The van der Waals surface area contributed by atoms with Crippen LogP contribution in [0, 0.1) is 5.82 Å². The van der Waals surface area contributed by atoms with Crippen LogP contribution in [0.1, 0.15) is 42.2 Å². The van der Waals surface area contributed by atoms with Crippen molar-refractivity contribution in [2.24, 2.45) is 5.73 Å². The van der Waals surface area contributed by atoms with Gasteiger partial charge in [-0.1, -0.05) is 13.3 Å². The third-order valence-corrected chi connectivity index (χ3v) is 2.77. The number of carbonyl (C=O) groups excluding carboxylic acids is 1. The van der Waals surface area contributed by atoms with Gasteiger partial charge in [0.1, 0.15) is 12.1 Å². The van der Waals surface area contributed by atoms with E-state index in [1.807, 2.05) is 6.92 Å². The first kappa shape index (κ1) is 14.2. The van der Waals surface area contributed by atoms with Crippen LogP contribution < -0.4 is 11.1 Å². The maximum absolute atomic E-state index is 12.8. The van der Waals surface area contributed by atoms with Gasteiger partial charge >= 0.3 is 0 Å². The van der Waals surface area contributed by atoms with Gasteiger partial charge in [-0.25, -0.2) is 9.37 Å². The van der Waals surface area contributed by atoms with E-state index >= 15 is 0 Å². The van der Waals surface area contributed by atoms with Gasteiger partial charge in [0.25, 0.3) is 5.91 Å². The summed E-state index contributed by atoms with van der Waals surface area (Å²) in [5.74, 6) is -0.441. The van der Waals surface area contributed by atoms with Crippen molar-refractivity contribution in [3.8, 4) is 0 Å². The maximum atomic E-state index is 12.8. The number of hydrogen-bond donors (Lipinski definition) is 2. The largest absolute Gasteiger partial charge is 0.446 e. The van der Waals surface area contributed by atoms with Gasteiger partial charge in [-0.3, -0.25) is 4.79 Å². The number of nitrogens with one attached hydrogen (secondary N) is 1. The predicted octanol–water partition coefficient (Wildman–Crippen LogP) is 2.87. The van der Waals surface area contributed by atoms with Crippen molar-refractivity contribution in [3.05, 3.63) is 47.9 Å². The van der Waals surface area contributed by atoms with Gasteiger partial charge in [0.2, 0.25) is 5.89 Å². The molecular formula is C14H16FN3O2. The Bertz CT molecular complexity index is 580. The van der Waals surface area contributed by atoms with Gasteiger partial charge in [0.05, 0.1) is 6.04 Å². The second kappa shape index (κ2) is 6.29. The molecule has 0 aliphatic heterocycles. The Kier molecular flexibility index (Phi) is 4.47. The van der Waals surface area contributed by atoms with Crippen LogP contribution in [0.2, 0.25) is 0 Å². The molecule has 106 valence electrons. The highest BCUT2D eigenvalue weighted by molar-refractivity contribution is 6.02. The van der Waals surface area contributed by atoms with Gasteiger partial charge in [-0.15, -0.1) is 0 Å². The molecule has 20 heavy (non-hydrogen) atoms. The highest BCUT2D eigenvalue weighted by Gasteiger charge is 2.16. The number of amides is 1. The number of nitrogens with zero attached hydrogens (tertiary/aromatic N) is 1. The van der Waals surface area contributed by atoms with E-state index in [4.69, 9.17) is 10.2 Å². The summed E-state index contributed by atoms with van der Waals surface area (Å²) in [6, 6.07) is 5.16. The minimum Gasteiger partial charge on any atom is -0.446 e. The number of oxazole rings is 1. The van der Waals surface area contributed by atoms with E-state index in [2.05, 4.69) is 10.3 Å². The number of carbonyl (C=O) groups is 1. The Balaban J connectivity index is 2.04. The van der Waals surface area contributed by atoms with Crippen molar-refractivity contribution in [1.29, 1.82) is 0 Å². The summed E-state index contributed by atoms with van der Waals surface area (Å²) >= 11 is 0. The number of nitrogens with two attached hydrogens (primary N) is 1. The van der Waals surface area contributed by atoms with Crippen molar-refractivity contribution in [2.75, 3.05) is 5.32 Å². The number of anilines is 1. The minimum atomic E-state index is -0.421. The van der Waals surface area contributed by atoms with Gasteiger partial charge in [-0.05, 0) is 30.7 Å². The normalized spacial score (nSPS) is 12.2. The maximum Gasteiger partial charge on any atom is 0.277 e. The fourth-order valence-electron chi connectivity index (χ4n) is 1.73. The van der Waals surface area contributed by atoms with Crippen molar-refractivity contribution < 1.29 is 13.6 Å². The number of hydrogen-bond acceptors (Lipinski definition) is 4. The quantitative estimate of drug-likeness (QED) is 0.880. The molecule has 1 aromatic heterocycles. The van der Waals surface area contributed by atoms with E-state index in [0.717, 1.165) is 12.8 Å². The Morgan fingerprint density at radius 2 is 2.15 bits per heavy atom. The lowest BCUT2D eigenvalue weighted by molar-refractivity contribution is 0.102. The molecule has 0 aliphatic rings. The van der Waals surface area contributed by atoms with Crippen LogP contribution in [0.15, 0.2) is 34.9 Å². The fraction of sp³-hybridized carbons (Fsp3) is 0.286. The Morgan fingerprint density at radius 3 is 2.80 bits per heavy atom. The summed E-state index contributed by atoms with van der Waals surface area (Å²) in [7, 11) is 0. The molecule has 0 saturated heterocycles. The summed E-state index contributed by atoms with van der Waals surface area (Å²) in [5, 5.41) is 2.60. The van der Waals surface area contributed by atoms with Crippen molar-refractivity contribution in [2.45, 2.75) is 25.8 Å². The van der Waals surface area contributed by atoms with Crippen LogP contribution in [0.3, 0.4) is 0 Å². The zero-order valence-electron chi connectivity index (χ0n) is 11.1. The first-order chi connectivity index (χ1) is 9.60. The molecule has 3 N–H and O–H groups in total. The van der Waals surface area contributed by atoms with E-state index in [1.54, 1.807) is 0 Å². The zero-order chi connectivity index (χ0) is 14.5. The van der Waals surface area contributed by atoms with Gasteiger partial charge in [-0.2, -0.15) is 0 Å². The monoisotopic (exact) mass is 277 g/mol. The smallest absolute Gasteiger partial charge is 0.277 e. The zero-order valence-corrected chi connectivity index (χ0v) is 11.1. The lowest BCUT2D eigenvalue weighted by Gasteiger charge is -2.04. The summed E-state index contributed by atoms with van der Waals surface area (Å²) in [6.07, 6.45) is 2.91. The van der Waals surface area contributed by atoms with Crippen LogP contribution in [0.5, 0.6) is 0 Å². The van der Waals surface area contributed by atoms with E-state index in [-0.39, 0.29) is 17.6 Å². The average molecular weight is 277 g/mol. The molecule has 1 atom stereocenters. The summed E-state index contributed by atoms with van der Waals surface area (Å²) in [6.45, 7) is 2.00. The Labute approximate surface area is 116 Å². The van der Waals surface area contributed by atoms with Gasteiger partial charge in [0.15, 0.2) is 5.69 Å². The van der Waals surface area contributed by atoms with E-state index in [1.165, 1.54) is 30.5 Å². The van der Waals surface area contributed by atoms with E-state index < -0.39 is 5.91 Å². The van der Waals surface area contributed by atoms with Crippen molar-refractivity contribution in [3.63, 3.8) is 0 Å². The average Bonchev–Trinajstić information content (AvgIpc) is 2.91. The molecule has 1 unspecified atom stereocenters. The lowest BCUT2D eigenvalue weighted by Crippen LogP contribution is -2.14. The molecule has 0 bridgehead atoms. The van der Waals surface area contributed by atoms with Crippen LogP contribution >= 0.6 is 0 Å². The Hall–Kier alpha value is -2.21.